The number of hydrogen-bond donors (Lipinski definition) is 1. The Hall–Kier alpha value is -0.620. The van der Waals surface area contributed by atoms with E-state index < -0.39 is 0 Å². The molecular formula is C9H6ClIN2O. The molecule has 5 heteroatoms. The summed E-state index contributed by atoms with van der Waals surface area (Å²) in [6.45, 7) is 0. The number of nitrogens with zero attached hydrogens (tertiary/aromatic N) is 1. The highest BCUT2D eigenvalue weighted by atomic mass is 127. The topological polar surface area (TPSA) is 45.8 Å². The summed E-state index contributed by atoms with van der Waals surface area (Å²) in [5, 5.41) is 0.597. The first-order chi connectivity index (χ1) is 6.70. The van der Waals surface area contributed by atoms with E-state index in [-0.39, 0.29) is 11.4 Å². The summed E-state index contributed by atoms with van der Waals surface area (Å²) in [7, 11) is 0. The largest absolute Gasteiger partial charge is 0.309 e. The summed E-state index contributed by atoms with van der Waals surface area (Å²) < 4.78 is 1.05. The fourth-order valence-electron chi connectivity index (χ4n) is 1.22. The predicted octanol–water partition coefficient (Wildman–Crippen LogP) is 2.27. The van der Waals surface area contributed by atoms with Crippen molar-refractivity contribution in [2.45, 2.75) is 5.88 Å². The van der Waals surface area contributed by atoms with E-state index in [0.717, 1.165) is 3.57 Å². The van der Waals surface area contributed by atoms with E-state index in [1.54, 1.807) is 6.07 Å². The van der Waals surface area contributed by atoms with Gasteiger partial charge in [0, 0.05) is 3.57 Å². The average Bonchev–Trinajstić information content (AvgIpc) is 2.16. The Kier molecular flexibility index (Phi) is 2.73. The first-order valence-electron chi connectivity index (χ1n) is 3.95. The molecule has 1 aromatic carbocycles. The summed E-state index contributed by atoms with van der Waals surface area (Å²) in [6.07, 6.45) is 0. The van der Waals surface area contributed by atoms with Crippen molar-refractivity contribution in [3.05, 3.63) is 37.9 Å². The number of benzene rings is 1. The molecule has 0 fully saturated rings. The third-order valence-electron chi connectivity index (χ3n) is 1.84. The van der Waals surface area contributed by atoms with Gasteiger partial charge >= 0.3 is 0 Å². The quantitative estimate of drug-likeness (QED) is 0.647. The third-order valence-corrected chi connectivity index (χ3v) is 2.77. The molecule has 0 aliphatic carbocycles. The maximum absolute atomic E-state index is 11.5. The molecule has 0 aliphatic heterocycles. The Morgan fingerprint density at radius 1 is 1.50 bits per heavy atom. The van der Waals surface area contributed by atoms with Crippen LogP contribution in [0.4, 0.5) is 0 Å². The van der Waals surface area contributed by atoms with E-state index in [1.807, 2.05) is 12.1 Å². The summed E-state index contributed by atoms with van der Waals surface area (Å²) in [5.41, 5.74) is 0.554. The van der Waals surface area contributed by atoms with Crippen molar-refractivity contribution < 1.29 is 0 Å². The summed E-state index contributed by atoms with van der Waals surface area (Å²) in [6, 6.07) is 5.50. The lowest BCUT2D eigenvalue weighted by atomic mass is 10.2. The van der Waals surface area contributed by atoms with Gasteiger partial charge in [-0.1, -0.05) is 0 Å². The second-order valence-electron chi connectivity index (χ2n) is 2.81. The summed E-state index contributed by atoms with van der Waals surface area (Å²) in [5.74, 6) is 0.725. The lowest BCUT2D eigenvalue weighted by Gasteiger charge is -1.99. The molecule has 2 rings (SSSR count). The van der Waals surface area contributed by atoms with Gasteiger partial charge in [-0.15, -0.1) is 11.6 Å². The van der Waals surface area contributed by atoms with Crippen LogP contribution >= 0.6 is 34.2 Å². The molecule has 0 spiro atoms. The van der Waals surface area contributed by atoms with Gasteiger partial charge in [-0.3, -0.25) is 4.79 Å². The molecule has 72 valence electrons. The van der Waals surface area contributed by atoms with Gasteiger partial charge in [0.05, 0.1) is 16.8 Å². The molecule has 0 amide bonds. The van der Waals surface area contributed by atoms with Gasteiger partial charge in [0.15, 0.2) is 0 Å². The van der Waals surface area contributed by atoms with Gasteiger partial charge in [-0.25, -0.2) is 4.98 Å². The number of hydrogen-bond acceptors (Lipinski definition) is 2. The minimum absolute atomic E-state index is 0.137. The van der Waals surface area contributed by atoms with Gasteiger partial charge in [-0.2, -0.15) is 0 Å². The third kappa shape index (κ3) is 1.76. The highest BCUT2D eigenvalue weighted by Crippen LogP contribution is 2.12. The van der Waals surface area contributed by atoms with E-state index >= 15 is 0 Å². The smallest absolute Gasteiger partial charge is 0.258 e. The minimum atomic E-state index is -0.137. The molecule has 1 heterocycles. The maximum atomic E-state index is 11.5. The number of alkyl halides is 1. The van der Waals surface area contributed by atoms with Crippen molar-refractivity contribution in [3.8, 4) is 0 Å². The van der Waals surface area contributed by atoms with Crippen molar-refractivity contribution in [2.75, 3.05) is 0 Å². The van der Waals surface area contributed by atoms with E-state index in [4.69, 9.17) is 11.6 Å². The number of halogens is 2. The number of H-pyrrole nitrogens is 1. The first kappa shape index (κ1) is 9.92. The zero-order valence-electron chi connectivity index (χ0n) is 7.05. The zero-order chi connectivity index (χ0) is 10.1. The molecule has 0 unspecified atom stereocenters. The van der Waals surface area contributed by atoms with E-state index in [9.17, 15) is 4.79 Å². The maximum Gasteiger partial charge on any atom is 0.258 e. The molecule has 1 N–H and O–H groups in total. The highest BCUT2D eigenvalue weighted by molar-refractivity contribution is 14.1. The molecular weight excluding hydrogens is 314 g/mol. The fourth-order valence-corrected chi connectivity index (χ4v) is 1.83. The van der Waals surface area contributed by atoms with E-state index in [2.05, 4.69) is 32.6 Å². The van der Waals surface area contributed by atoms with Crippen LogP contribution in [0.2, 0.25) is 0 Å². The molecule has 0 atom stereocenters. The van der Waals surface area contributed by atoms with Crippen LogP contribution in [-0.2, 0) is 5.88 Å². The first-order valence-corrected chi connectivity index (χ1v) is 5.56. The van der Waals surface area contributed by atoms with Crippen LogP contribution in [0, 0.1) is 3.57 Å². The monoisotopic (exact) mass is 320 g/mol. The van der Waals surface area contributed by atoms with Crippen molar-refractivity contribution in [2.24, 2.45) is 0 Å². The molecule has 0 saturated carbocycles. The van der Waals surface area contributed by atoms with Crippen molar-refractivity contribution in [1.29, 1.82) is 0 Å². The van der Waals surface area contributed by atoms with Crippen LogP contribution in [0.5, 0.6) is 0 Å². The number of rotatable bonds is 1. The van der Waals surface area contributed by atoms with Gasteiger partial charge < -0.3 is 4.98 Å². The zero-order valence-corrected chi connectivity index (χ0v) is 9.96. The van der Waals surface area contributed by atoms with E-state index in [0.29, 0.717) is 16.7 Å². The molecule has 1 aromatic heterocycles. The Morgan fingerprint density at radius 3 is 3.00 bits per heavy atom. The molecule has 0 radical (unpaired) electrons. The van der Waals surface area contributed by atoms with Gasteiger partial charge in [-0.05, 0) is 40.8 Å². The van der Waals surface area contributed by atoms with Crippen molar-refractivity contribution in [1.82, 2.24) is 9.97 Å². The molecule has 2 aromatic rings. The van der Waals surface area contributed by atoms with Crippen molar-refractivity contribution in [3.63, 3.8) is 0 Å². The number of aromatic nitrogens is 2. The number of aromatic amines is 1. The molecule has 0 bridgehead atoms. The second-order valence-corrected chi connectivity index (χ2v) is 4.32. The SMILES string of the molecule is O=c1[nH]c(CCl)nc2cc(I)ccc12. The Morgan fingerprint density at radius 2 is 2.29 bits per heavy atom. The average molecular weight is 321 g/mol. The lowest BCUT2D eigenvalue weighted by molar-refractivity contribution is 1.03. The fraction of sp³-hybridized carbons (Fsp3) is 0.111. The lowest BCUT2D eigenvalue weighted by Crippen LogP contribution is -2.10. The Bertz CT molecular complexity index is 538. The second kappa shape index (κ2) is 3.86. The van der Waals surface area contributed by atoms with Crippen molar-refractivity contribution >= 4 is 45.1 Å². The molecule has 0 saturated heterocycles. The van der Waals surface area contributed by atoms with Crippen LogP contribution in [-0.4, -0.2) is 9.97 Å². The van der Waals surface area contributed by atoms with Gasteiger partial charge in [0.1, 0.15) is 5.82 Å². The molecule has 3 nitrogen and oxygen atoms in total. The van der Waals surface area contributed by atoms with Crippen LogP contribution in [0.3, 0.4) is 0 Å². The van der Waals surface area contributed by atoms with E-state index in [1.165, 1.54) is 0 Å². The van der Waals surface area contributed by atoms with Crippen LogP contribution in [0.15, 0.2) is 23.0 Å². The number of fused-ring (bicyclic) bond motifs is 1. The standard InChI is InChI=1S/C9H6ClIN2O/c10-4-8-12-7-3-5(11)1-2-6(7)9(14)13-8/h1-3H,4H2,(H,12,13,14). The number of nitrogens with one attached hydrogen (secondary N) is 1. The van der Waals surface area contributed by atoms with Gasteiger partial charge in [0.25, 0.3) is 5.56 Å². The minimum Gasteiger partial charge on any atom is -0.309 e. The van der Waals surface area contributed by atoms with Gasteiger partial charge in [0.2, 0.25) is 0 Å². The predicted molar refractivity (Wildman–Crippen MR) is 64.6 cm³/mol. The van der Waals surface area contributed by atoms with Crippen LogP contribution < -0.4 is 5.56 Å². The summed E-state index contributed by atoms with van der Waals surface area (Å²) in [4.78, 5) is 18.4. The van der Waals surface area contributed by atoms with Crippen LogP contribution in [0.1, 0.15) is 5.82 Å². The highest BCUT2D eigenvalue weighted by Gasteiger charge is 2.02. The normalized spacial score (nSPS) is 10.7. The summed E-state index contributed by atoms with van der Waals surface area (Å²) >= 11 is 7.78. The van der Waals surface area contributed by atoms with Crippen LogP contribution in [0.25, 0.3) is 10.9 Å². The molecule has 14 heavy (non-hydrogen) atoms. The molecule has 0 aliphatic rings. The Labute approximate surface area is 98.6 Å². The Balaban J connectivity index is 2.84.